The molecule has 84 valence electrons. The lowest BCUT2D eigenvalue weighted by Gasteiger charge is -2.16. The van der Waals surface area contributed by atoms with Gasteiger partial charge in [-0.2, -0.15) is 0 Å². The van der Waals surface area contributed by atoms with Crippen molar-refractivity contribution in [3.63, 3.8) is 0 Å². The Bertz CT molecular complexity index is 288. The molecule has 0 saturated carbocycles. The molecule has 0 spiro atoms. The van der Waals surface area contributed by atoms with Gasteiger partial charge < -0.3 is 10.6 Å². The van der Waals surface area contributed by atoms with Crippen molar-refractivity contribution in [3.8, 4) is 0 Å². The minimum atomic E-state index is 0.497. The second-order valence-electron chi connectivity index (χ2n) is 3.58. The Morgan fingerprint density at radius 1 is 1.27 bits per heavy atom. The Kier molecular flexibility index (Phi) is 4.87. The lowest BCUT2D eigenvalue weighted by atomic mass is 10.1. The third-order valence-electron chi connectivity index (χ3n) is 2.37. The van der Waals surface area contributed by atoms with Gasteiger partial charge in [-0.25, -0.2) is 4.98 Å². The van der Waals surface area contributed by atoms with Crippen LogP contribution in [-0.2, 0) is 0 Å². The van der Waals surface area contributed by atoms with Crippen LogP contribution in [0.2, 0.25) is 0 Å². The quantitative estimate of drug-likeness (QED) is 0.754. The monoisotopic (exact) mass is 208 g/mol. The average Bonchev–Trinajstić information content (AvgIpc) is 2.29. The predicted molar refractivity (Wildman–Crippen MR) is 64.2 cm³/mol. The first-order chi connectivity index (χ1) is 7.30. The molecule has 0 aliphatic heterocycles. The molecule has 4 heteroatoms. The standard InChI is InChI=1S/C11H20N4/c1-4-6-9(5-2)14-11-8-13-7-10(12-3)15-11/h7-9H,4-6H2,1-3H3,(H2,12,14,15). The fourth-order valence-electron chi connectivity index (χ4n) is 1.49. The maximum Gasteiger partial charge on any atom is 0.147 e. The van der Waals surface area contributed by atoms with E-state index in [1.807, 2.05) is 7.05 Å². The summed E-state index contributed by atoms with van der Waals surface area (Å²) in [6.45, 7) is 4.38. The zero-order valence-corrected chi connectivity index (χ0v) is 9.75. The van der Waals surface area contributed by atoms with Crippen molar-refractivity contribution in [2.75, 3.05) is 17.7 Å². The normalized spacial score (nSPS) is 12.2. The molecule has 2 N–H and O–H groups in total. The summed E-state index contributed by atoms with van der Waals surface area (Å²) >= 11 is 0. The summed E-state index contributed by atoms with van der Waals surface area (Å²) in [6, 6.07) is 0.497. The Morgan fingerprint density at radius 2 is 2.00 bits per heavy atom. The van der Waals surface area contributed by atoms with Crippen LogP contribution in [0.4, 0.5) is 11.6 Å². The van der Waals surface area contributed by atoms with Crippen molar-refractivity contribution < 1.29 is 0 Å². The highest BCUT2D eigenvalue weighted by atomic mass is 15.1. The molecule has 0 saturated heterocycles. The first-order valence-corrected chi connectivity index (χ1v) is 5.56. The summed E-state index contributed by atoms with van der Waals surface area (Å²) in [5.74, 6) is 1.65. The van der Waals surface area contributed by atoms with E-state index in [1.165, 1.54) is 12.8 Å². The van der Waals surface area contributed by atoms with Crippen LogP contribution in [-0.4, -0.2) is 23.1 Å². The number of aromatic nitrogens is 2. The summed E-state index contributed by atoms with van der Waals surface area (Å²) in [4.78, 5) is 8.49. The molecule has 15 heavy (non-hydrogen) atoms. The van der Waals surface area contributed by atoms with Gasteiger partial charge in [-0.15, -0.1) is 0 Å². The largest absolute Gasteiger partial charge is 0.372 e. The molecular weight excluding hydrogens is 188 g/mol. The van der Waals surface area contributed by atoms with E-state index in [1.54, 1.807) is 12.4 Å². The van der Waals surface area contributed by atoms with Gasteiger partial charge in [0.2, 0.25) is 0 Å². The van der Waals surface area contributed by atoms with Gasteiger partial charge in [0, 0.05) is 13.1 Å². The maximum atomic E-state index is 4.38. The molecule has 1 aromatic rings. The molecule has 1 rings (SSSR count). The van der Waals surface area contributed by atoms with E-state index < -0.39 is 0 Å². The molecule has 0 fully saturated rings. The van der Waals surface area contributed by atoms with Crippen LogP contribution < -0.4 is 10.6 Å². The second kappa shape index (κ2) is 6.22. The highest BCUT2D eigenvalue weighted by Crippen LogP contribution is 2.11. The lowest BCUT2D eigenvalue weighted by molar-refractivity contribution is 0.620. The van der Waals surface area contributed by atoms with Gasteiger partial charge in [0.25, 0.3) is 0 Å². The van der Waals surface area contributed by atoms with E-state index >= 15 is 0 Å². The van der Waals surface area contributed by atoms with Crippen LogP contribution >= 0.6 is 0 Å². The topological polar surface area (TPSA) is 49.8 Å². The Labute approximate surface area is 91.5 Å². The van der Waals surface area contributed by atoms with Crippen LogP contribution in [0.25, 0.3) is 0 Å². The number of anilines is 2. The molecule has 1 atom stereocenters. The minimum absolute atomic E-state index is 0.497. The lowest BCUT2D eigenvalue weighted by Crippen LogP contribution is -2.19. The maximum absolute atomic E-state index is 4.38. The summed E-state index contributed by atoms with van der Waals surface area (Å²) < 4.78 is 0. The third kappa shape index (κ3) is 3.73. The number of rotatable bonds is 6. The molecule has 0 amide bonds. The Balaban J connectivity index is 2.61. The molecule has 0 bridgehead atoms. The van der Waals surface area contributed by atoms with E-state index in [4.69, 9.17) is 0 Å². The Hall–Kier alpha value is -1.32. The van der Waals surface area contributed by atoms with E-state index in [0.717, 1.165) is 18.1 Å². The first-order valence-electron chi connectivity index (χ1n) is 5.56. The van der Waals surface area contributed by atoms with E-state index in [2.05, 4.69) is 34.4 Å². The SMILES string of the molecule is CCCC(CC)Nc1cncc(NC)n1. The molecule has 0 aliphatic rings. The van der Waals surface area contributed by atoms with Gasteiger partial charge in [0.1, 0.15) is 11.6 Å². The molecule has 1 heterocycles. The highest BCUT2D eigenvalue weighted by molar-refractivity contribution is 5.41. The van der Waals surface area contributed by atoms with Crippen molar-refractivity contribution >= 4 is 11.6 Å². The van der Waals surface area contributed by atoms with Crippen molar-refractivity contribution in [2.24, 2.45) is 0 Å². The molecule has 1 aromatic heterocycles. The number of nitrogens with zero attached hydrogens (tertiary/aromatic N) is 2. The summed E-state index contributed by atoms with van der Waals surface area (Å²) in [7, 11) is 1.84. The van der Waals surface area contributed by atoms with Gasteiger partial charge in [0.15, 0.2) is 0 Å². The van der Waals surface area contributed by atoms with Crippen molar-refractivity contribution in [1.29, 1.82) is 0 Å². The Morgan fingerprint density at radius 3 is 2.60 bits per heavy atom. The highest BCUT2D eigenvalue weighted by Gasteiger charge is 2.05. The van der Waals surface area contributed by atoms with Gasteiger partial charge in [-0.05, 0) is 12.8 Å². The van der Waals surface area contributed by atoms with Crippen molar-refractivity contribution in [2.45, 2.75) is 39.2 Å². The average molecular weight is 208 g/mol. The van der Waals surface area contributed by atoms with Crippen LogP contribution in [0.15, 0.2) is 12.4 Å². The fraction of sp³-hybridized carbons (Fsp3) is 0.636. The smallest absolute Gasteiger partial charge is 0.147 e. The zero-order chi connectivity index (χ0) is 11.1. The zero-order valence-electron chi connectivity index (χ0n) is 9.75. The first kappa shape index (κ1) is 11.8. The molecular formula is C11H20N4. The fourth-order valence-corrected chi connectivity index (χ4v) is 1.49. The van der Waals surface area contributed by atoms with Crippen LogP contribution in [0, 0.1) is 0 Å². The molecule has 4 nitrogen and oxygen atoms in total. The number of nitrogens with one attached hydrogen (secondary N) is 2. The van der Waals surface area contributed by atoms with Gasteiger partial charge in [0.05, 0.1) is 12.4 Å². The van der Waals surface area contributed by atoms with E-state index in [-0.39, 0.29) is 0 Å². The summed E-state index contributed by atoms with van der Waals surface area (Å²) in [6.07, 6.45) is 6.94. The molecule has 1 unspecified atom stereocenters. The summed E-state index contributed by atoms with van der Waals surface area (Å²) in [5.41, 5.74) is 0. The van der Waals surface area contributed by atoms with Crippen LogP contribution in [0.3, 0.4) is 0 Å². The number of hydrogen-bond donors (Lipinski definition) is 2. The molecule has 0 aromatic carbocycles. The number of hydrogen-bond acceptors (Lipinski definition) is 4. The summed E-state index contributed by atoms with van der Waals surface area (Å²) in [5, 5.41) is 6.37. The van der Waals surface area contributed by atoms with Gasteiger partial charge in [-0.3, -0.25) is 4.98 Å². The third-order valence-corrected chi connectivity index (χ3v) is 2.37. The van der Waals surface area contributed by atoms with Gasteiger partial charge in [-0.1, -0.05) is 20.3 Å². The van der Waals surface area contributed by atoms with Crippen LogP contribution in [0.5, 0.6) is 0 Å². The molecule has 0 aliphatic carbocycles. The van der Waals surface area contributed by atoms with Crippen molar-refractivity contribution in [3.05, 3.63) is 12.4 Å². The van der Waals surface area contributed by atoms with E-state index in [9.17, 15) is 0 Å². The minimum Gasteiger partial charge on any atom is -0.372 e. The van der Waals surface area contributed by atoms with Crippen LogP contribution in [0.1, 0.15) is 33.1 Å². The predicted octanol–water partition coefficient (Wildman–Crippen LogP) is 2.51. The molecule has 0 radical (unpaired) electrons. The van der Waals surface area contributed by atoms with Gasteiger partial charge >= 0.3 is 0 Å². The van der Waals surface area contributed by atoms with E-state index in [0.29, 0.717) is 6.04 Å². The second-order valence-corrected chi connectivity index (χ2v) is 3.58. The van der Waals surface area contributed by atoms with Crippen molar-refractivity contribution in [1.82, 2.24) is 9.97 Å².